The van der Waals surface area contributed by atoms with Crippen LogP contribution in [0.1, 0.15) is 12.8 Å². The van der Waals surface area contributed by atoms with Crippen molar-refractivity contribution in [3.05, 3.63) is 27.1 Å². The monoisotopic (exact) mass is 360 g/mol. The van der Waals surface area contributed by atoms with Crippen LogP contribution < -0.4 is 10.6 Å². The molecule has 0 saturated heterocycles. The molecule has 17 heavy (non-hydrogen) atoms. The molecular weight excluding hydrogens is 348 g/mol. The van der Waals surface area contributed by atoms with Gasteiger partial charge < -0.3 is 10.6 Å². The molecule has 5 heteroatoms. The first-order valence-electron chi connectivity index (χ1n) is 5.61. The van der Waals surface area contributed by atoms with E-state index in [9.17, 15) is 4.79 Å². The Labute approximate surface area is 118 Å². The third-order valence-corrected chi connectivity index (χ3v) is 3.80. The Hall–Kier alpha value is -0.550. The van der Waals surface area contributed by atoms with Crippen LogP contribution in [0.25, 0.3) is 0 Å². The molecule has 0 heterocycles. The molecule has 1 aromatic carbocycles. The summed E-state index contributed by atoms with van der Waals surface area (Å²) in [7, 11) is 0. The smallest absolute Gasteiger partial charge is 0.239 e. The molecular formula is C12H14Br2N2O. The first-order chi connectivity index (χ1) is 8.15. The van der Waals surface area contributed by atoms with E-state index in [0.717, 1.165) is 27.1 Å². The molecule has 0 unspecified atom stereocenters. The van der Waals surface area contributed by atoms with Gasteiger partial charge in [-0.1, -0.05) is 15.9 Å². The van der Waals surface area contributed by atoms with Gasteiger partial charge in [-0.3, -0.25) is 4.79 Å². The molecule has 0 aliphatic heterocycles. The highest BCUT2D eigenvalue weighted by Gasteiger charge is 2.21. The van der Waals surface area contributed by atoms with Crippen LogP contribution in [-0.4, -0.2) is 19.0 Å². The largest absolute Gasteiger partial charge is 0.375 e. The Morgan fingerprint density at radius 2 is 2.12 bits per heavy atom. The van der Waals surface area contributed by atoms with Crippen LogP contribution in [0.4, 0.5) is 5.69 Å². The number of anilines is 1. The van der Waals surface area contributed by atoms with E-state index in [-0.39, 0.29) is 5.91 Å². The van der Waals surface area contributed by atoms with Crippen molar-refractivity contribution in [1.82, 2.24) is 5.32 Å². The van der Waals surface area contributed by atoms with Gasteiger partial charge in [0.25, 0.3) is 0 Å². The van der Waals surface area contributed by atoms with Crippen LogP contribution in [0.3, 0.4) is 0 Å². The predicted octanol–water partition coefficient (Wildman–Crippen LogP) is 3.15. The second-order valence-corrected chi connectivity index (χ2v) is 6.00. The summed E-state index contributed by atoms with van der Waals surface area (Å²) in [5.74, 6) is 0.769. The molecule has 1 aliphatic carbocycles. The molecule has 0 aromatic heterocycles. The third kappa shape index (κ3) is 4.32. The van der Waals surface area contributed by atoms with Gasteiger partial charge in [0.1, 0.15) is 0 Å². The molecule has 1 aromatic rings. The summed E-state index contributed by atoms with van der Waals surface area (Å²) in [6, 6.07) is 5.82. The molecule has 0 radical (unpaired) electrons. The van der Waals surface area contributed by atoms with E-state index in [1.165, 1.54) is 12.8 Å². The zero-order valence-electron chi connectivity index (χ0n) is 9.30. The minimum Gasteiger partial charge on any atom is -0.375 e. The van der Waals surface area contributed by atoms with Gasteiger partial charge in [-0.2, -0.15) is 0 Å². The van der Waals surface area contributed by atoms with Gasteiger partial charge in [-0.15, -0.1) is 0 Å². The molecule has 1 saturated carbocycles. The number of nitrogens with one attached hydrogen (secondary N) is 2. The van der Waals surface area contributed by atoms with Gasteiger partial charge in [0.2, 0.25) is 5.91 Å². The Balaban J connectivity index is 1.77. The van der Waals surface area contributed by atoms with E-state index in [2.05, 4.69) is 42.5 Å². The molecule has 1 amide bonds. The maximum absolute atomic E-state index is 11.5. The van der Waals surface area contributed by atoms with Crippen LogP contribution in [0.5, 0.6) is 0 Å². The molecule has 1 fully saturated rings. The van der Waals surface area contributed by atoms with E-state index in [1.54, 1.807) is 0 Å². The van der Waals surface area contributed by atoms with E-state index >= 15 is 0 Å². The first kappa shape index (κ1) is 12.9. The summed E-state index contributed by atoms with van der Waals surface area (Å²) in [6.45, 7) is 1.13. The van der Waals surface area contributed by atoms with E-state index in [1.807, 2.05) is 18.2 Å². The quantitative estimate of drug-likeness (QED) is 0.845. The fraction of sp³-hybridized carbons (Fsp3) is 0.417. The summed E-state index contributed by atoms with van der Waals surface area (Å²) < 4.78 is 1.95. The van der Waals surface area contributed by atoms with Crippen molar-refractivity contribution in [2.45, 2.75) is 12.8 Å². The van der Waals surface area contributed by atoms with Gasteiger partial charge in [-0.25, -0.2) is 0 Å². The summed E-state index contributed by atoms with van der Waals surface area (Å²) in [4.78, 5) is 11.5. The van der Waals surface area contributed by atoms with Gasteiger partial charge in [0, 0.05) is 21.2 Å². The molecule has 2 rings (SSSR count). The van der Waals surface area contributed by atoms with Crippen molar-refractivity contribution >= 4 is 43.5 Å². The number of hydrogen-bond donors (Lipinski definition) is 2. The summed E-state index contributed by atoms with van der Waals surface area (Å²) in [5, 5.41) is 6.02. The fourth-order valence-electron chi connectivity index (χ4n) is 1.45. The molecule has 0 atom stereocenters. The second kappa shape index (κ2) is 5.87. The lowest BCUT2D eigenvalue weighted by Gasteiger charge is -2.09. The summed E-state index contributed by atoms with van der Waals surface area (Å²) in [6.07, 6.45) is 2.51. The van der Waals surface area contributed by atoms with Crippen LogP contribution in [0.2, 0.25) is 0 Å². The number of carbonyl (C=O) groups excluding carboxylic acids is 1. The molecule has 0 spiro atoms. The second-order valence-electron chi connectivity index (χ2n) is 4.23. The molecule has 0 bridgehead atoms. The minimum atomic E-state index is 0.0479. The SMILES string of the molecule is O=C(CNc1ccc(Br)cc1Br)NCC1CC1. The van der Waals surface area contributed by atoms with Crippen molar-refractivity contribution in [3.8, 4) is 0 Å². The highest BCUT2D eigenvalue weighted by molar-refractivity contribution is 9.11. The number of hydrogen-bond acceptors (Lipinski definition) is 2. The van der Waals surface area contributed by atoms with Crippen molar-refractivity contribution in [1.29, 1.82) is 0 Å². The number of amides is 1. The van der Waals surface area contributed by atoms with E-state index < -0.39 is 0 Å². The van der Waals surface area contributed by atoms with Crippen molar-refractivity contribution < 1.29 is 4.79 Å². The third-order valence-electron chi connectivity index (χ3n) is 2.66. The first-order valence-corrected chi connectivity index (χ1v) is 7.19. The molecule has 2 N–H and O–H groups in total. The Morgan fingerprint density at radius 1 is 1.35 bits per heavy atom. The van der Waals surface area contributed by atoms with E-state index in [0.29, 0.717) is 6.54 Å². The lowest BCUT2D eigenvalue weighted by Crippen LogP contribution is -2.31. The number of carbonyl (C=O) groups is 1. The summed E-state index contributed by atoms with van der Waals surface area (Å²) in [5.41, 5.74) is 0.926. The van der Waals surface area contributed by atoms with Gasteiger partial charge in [0.15, 0.2) is 0 Å². The standard InChI is InChI=1S/C12H14Br2N2O/c13-9-3-4-11(10(14)5-9)15-7-12(17)16-6-8-1-2-8/h3-5,8,15H,1-2,6-7H2,(H,16,17). The number of benzene rings is 1. The van der Waals surface area contributed by atoms with Crippen LogP contribution >= 0.6 is 31.9 Å². The Morgan fingerprint density at radius 3 is 2.76 bits per heavy atom. The zero-order chi connectivity index (χ0) is 12.3. The number of rotatable bonds is 5. The van der Waals surface area contributed by atoms with Gasteiger partial charge >= 0.3 is 0 Å². The van der Waals surface area contributed by atoms with Gasteiger partial charge in [0.05, 0.1) is 6.54 Å². The van der Waals surface area contributed by atoms with Gasteiger partial charge in [-0.05, 0) is 52.9 Å². The maximum Gasteiger partial charge on any atom is 0.239 e. The average molecular weight is 362 g/mol. The Bertz CT molecular complexity index is 419. The minimum absolute atomic E-state index is 0.0479. The molecule has 1 aliphatic rings. The van der Waals surface area contributed by atoms with Crippen LogP contribution in [-0.2, 0) is 4.79 Å². The fourth-order valence-corrected chi connectivity index (χ4v) is 2.64. The summed E-state index contributed by atoms with van der Waals surface area (Å²) >= 11 is 6.83. The lowest BCUT2D eigenvalue weighted by atomic mass is 10.3. The van der Waals surface area contributed by atoms with Crippen molar-refractivity contribution in [3.63, 3.8) is 0 Å². The molecule has 3 nitrogen and oxygen atoms in total. The van der Waals surface area contributed by atoms with Crippen molar-refractivity contribution in [2.75, 3.05) is 18.4 Å². The van der Waals surface area contributed by atoms with Crippen LogP contribution in [0.15, 0.2) is 27.1 Å². The topological polar surface area (TPSA) is 41.1 Å². The predicted molar refractivity (Wildman–Crippen MR) is 76.1 cm³/mol. The maximum atomic E-state index is 11.5. The lowest BCUT2D eigenvalue weighted by molar-refractivity contribution is -0.119. The van der Waals surface area contributed by atoms with Crippen molar-refractivity contribution in [2.24, 2.45) is 5.92 Å². The van der Waals surface area contributed by atoms with Crippen LogP contribution in [0, 0.1) is 5.92 Å². The molecule has 92 valence electrons. The normalized spacial score (nSPS) is 14.5. The van der Waals surface area contributed by atoms with E-state index in [4.69, 9.17) is 0 Å². The Kier molecular flexibility index (Phi) is 4.45. The highest BCUT2D eigenvalue weighted by Crippen LogP contribution is 2.27. The zero-order valence-corrected chi connectivity index (χ0v) is 12.5. The average Bonchev–Trinajstić information content (AvgIpc) is 3.09. The number of halogens is 2. The highest BCUT2D eigenvalue weighted by atomic mass is 79.9.